The predicted octanol–water partition coefficient (Wildman–Crippen LogP) is 17.2. The van der Waals surface area contributed by atoms with Gasteiger partial charge in [0.1, 0.15) is 17.3 Å². The van der Waals surface area contributed by atoms with Crippen LogP contribution in [0.15, 0.2) is 200 Å². The van der Waals surface area contributed by atoms with Gasteiger partial charge in [0.05, 0.1) is 47.1 Å². The minimum atomic E-state index is -0.567. The van der Waals surface area contributed by atoms with Crippen LogP contribution >= 0.6 is 0 Å². The molecule has 0 aliphatic rings. The van der Waals surface area contributed by atoms with E-state index >= 15 is 0 Å². The van der Waals surface area contributed by atoms with Gasteiger partial charge in [0.25, 0.3) is 6.33 Å². The summed E-state index contributed by atoms with van der Waals surface area (Å²) in [6.07, 6.45) is 6.32. The summed E-state index contributed by atoms with van der Waals surface area (Å²) in [7, 11) is 0. The highest BCUT2D eigenvalue weighted by Crippen LogP contribution is 2.40. The molecule has 0 saturated carbocycles. The number of rotatable bonds is 9. The number of para-hydroxylation sites is 3. The lowest BCUT2D eigenvalue weighted by Gasteiger charge is -2.23. The number of imidazole rings is 1. The molecule has 8 aromatic carbocycles. The summed E-state index contributed by atoms with van der Waals surface area (Å²) in [5.74, 6) is 1.89. The van der Waals surface area contributed by atoms with Crippen LogP contribution in [0.5, 0.6) is 11.5 Å². The number of benzene rings is 8. The second kappa shape index (κ2) is 18.0. The number of ether oxygens (including phenoxy) is 1. The Morgan fingerprint density at radius 3 is 1.85 bits per heavy atom. The van der Waals surface area contributed by atoms with Gasteiger partial charge >= 0.3 is 0 Å². The standard InChI is InChI=1S/C67H62N4O/c1-65(2,3)42-48-38-63(68-43-58(48)47-30-32-49(33-31-47)66(4,5)6)71-59-37-34-50(67(7,8)9)39-57(59)56-36-35-53(41-62(56)71)72-52-25-18-24-51(40-52)69-44-70(61-29-17-16-28-60(61)69)64-54(45-20-12-10-13-21-45)26-19-27-55(64)46-22-14-11-15-23-46/h10-41,43H,42H2,1-9H3/i10D,11D,12D,13D,14D,15D,20D,21D,22D,23D. The van der Waals surface area contributed by atoms with E-state index in [0.29, 0.717) is 28.2 Å². The van der Waals surface area contributed by atoms with Crippen LogP contribution in [-0.4, -0.2) is 14.1 Å². The van der Waals surface area contributed by atoms with E-state index in [4.69, 9.17) is 23.4 Å². The van der Waals surface area contributed by atoms with Gasteiger partial charge in [-0.1, -0.05) is 202 Å². The highest BCUT2D eigenvalue weighted by Gasteiger charge is 2.24. The number of fused-ring (bicyclic) bond motifs is 4. The van der Waals surface area contributed by atoms with Crippen molar-refractivity contribution >= 4 is 32.8 Å². The third-order valence-corrected chi connectivity index (χ3v) is 13.3. The molecule has 356 valence electrons. The molecule has 5 nitrogen and oxygen atoms in total. The van der Waals surface area contributed by atoms with Crippen LogP contribution in [0.2, 0.25) is 0 Å². The van der Waals surface area contributed by atoms with Crippen molar-refractivity contribution in [2.75, 3.05) is 0 Å². The maximum Gasteiger partial charge on any atom is 0.269 e. The molecule has 11 rings (SSSR count). The van der Waals surface area contributed by atoms with E-state index in [1.807, 2.05) is 65.4 Å². The molecular weight excluding hydrogens is 877 g/mol. The van der Waals surface area contributed by atoms with Crippen molar-refractivity contribution in [3.05, 3.63) is 223 Å². The van der Waals surface area contributed by atoms with Gasteiger partial charge in [-0.05, 0) is 116 Å². The first kappa shape index (κ1) is 36.0. The third-order valence-electron chi connectivity index (χ3n) is 13.3. The third kappa shape index (κ3) is 8.89. The lowest BCUT2D eigenvalue weighted by molar-refractivity contribution is -0.571. The number of aromatic nitrogens is 4. The summed E-state index contributed by atoms with van der Waals surface area (Å²) in [5, 5.41) is 2.15. The predicted molar refractivity (Wildman–Crippen MR) is 299 cm³/mol. The van der Waals surface area contributed by atoms with E-state index in [2.05, 4.69) is 134 Å². The van der Waals surface area contributed by atoms with Crippen LogP contribution in [0, 0.1) is 11.7 Å². The second-order valence-electron chi connectivity index (χ2n) is 21.8. The Morgan fingerprint density at radius 1 is 0.542 bits per heavy atom. The van der Waals surface area contributed by atoms with Gasteiger partial charge in [-0.2, -0.15) is 0 Å². The van der Waals surface area contributed by atoms with Crippen LogP contribution in [-0.2, 0) is 17.3 Å². The van der Waals surface area contributed by atoms with Crippen molar-refractivity contribution in [1.82, 2.24) is 14.1 Å². The van der Waals surface area contributed by atoms with Gasteiger partial charge in [0, 0.05) is 28.6 Å². The fourth-order valence-electron chi connectivity index (χ4n) is 9.71. The maximum atomic E-state index is 9.08. The Labute approximate surface area is 438 Å². The fourth-order valence-corrected chi connectivity index (χ4v) is 9.71. The molecule has 0 atom stereocenters. The average Bonchev–Trinajstić information content (AvgIpc) is 4.20. The van der Waals surface area contributed by atoms with Gasteiger partial charge in [-0.3, -0.25) is 13.7 Å². The van der Waals surface area contributed by atoms with E-state index in [1.54, 1.807) is 22.8 Å². The van der Waals surface area contributed by atoms with Crippen molar-refractivity contribution in [2.24, 2.45) is 5.41 Å². The first-order chi connectivity index (χ1) is 38.7. The fraction of sp³-hybridized carbons (Fsp3) is 0.194. The summed E-state index contributed by atoms with van der Waals surface area (Å²) < 4.78 is 100. The molecule has 3 aromatic heterocycles. The molecule has 0 bridgehead atoms. The zero-order chi connectivity index (χ0) is 58.6. The highest BCUT2D eigenvalue weighted by molar-refractivity contribution is 6.10. The molecule has 0 fully saturated rings. The van der Waals surface area contributed by atoms with Crippen molar-refractivity contribution in [3.8, 4) is 62.1 Å². The summed E-state index contributed by atoms with van der Waals surface area (Å²) in [6, 6.07) is 38.5. The zero-order valence-electron chi connectivity index (χ0n) is 52.2. The van der Waals surface area contributed by atoms with Crippen LogP contribution in [0.25, 0.3) is 83.4 Å². The minimum absolute atomic E-state index is 0.0165. The molecule has 0 aliphatic carbocycles. The molecule has 0 N–H and O–H groups in total. The van der Waals surface area contributed by atoms with Crippen molar-refractivity contribution in [2.45, 2.75) is 79.6 Å². The average molecular weight is 949 g/mol. The van der Waals surface area contributed by atoms with Crippen molar-refractivity contribution in [1.29, 1.82) is 0 Å². The van der Waals surface area contributed by atoms with Gasteiger partial charge in [0.15, 0.2) is 0 Å². The lowest BCUT2D eigenvalue weighted by Crippen LogP contribution is -2.31. The van der Waals surface area contributed by atoms with Gasteiger partial charge in [-0.25, -0.2) is 4.98 Å². The van der Waals surface area contributed by atoms with E-state index in [9.17, 15) is 0 Å². The van der Waals surface area contributed by atoms with E-state index in [0.717, 1.165) is 45.2 Å². The smallest absolute Gasteiger partial charge is 0.269 e. The summed E-state index contributed by atoms with van der Waals surface area (Å²) in [5.41, 5.74) is 9.84. The normalized spacial score (nSPS) is 14.2. The first-order valence-electron chi connectivity index (χ1n) is 29.4. The minimum Gasteiger partial charge on any atom is -0.458 e. The molecule has 0 radical (unpaired) electrons. The number of nitrogens with zero attached hydrogens (tertiary/aromatic N) is 4. The largest absolute Gasteiger partial charge is 0.458 e. The van der Waals surface area contributed by atoms with E-state index < -0.39 is 60.4 Å². The Bertz CT molecular complexity index is 4260. The molecule has 5 heteroatoms. The highest BCUT2D eigenvalue weighted by atomic mass is 16.5. The monoisotopic (exact) mass is 949 g/mol. The molecule has 3 heterocycles. The van der Waals surface area contributed by atoms with Gasteiger partial charge < -0.3 is 4.74 Å². The Kier molecular flexibility index (Phi) is 8.99. The van der Waals surface area contributed by atoms with Gasteiger partial charge in [-0.15, -0.1) is 0 Å². The van der Waals surface area contributed by atoms with Crippen molar-refractivity contribution in [3.63, 3.8) is 0 Å². The van der Waals surface area contributed by atoms with Crippen molar-refractivity contribution < 1.29 is 23.0 Å². The van der Waals surface area contributed by atoms with Gasteiger partial charge in [0.2, 0.25) is 0 Å². The molecule has 0 aliphatic heterocycles. The molecule has 0 unspecified atom stereocenters. The molecule has 0 saturated heterocycles. The second-order valence-corrected chi connectivity index (χ2v) is 21.8. The van der Waals surface area contributed by atoms with Crippen LogP contribution in [0.3, 0.4) is 0 Å². The lowest BCUT2D eigenvalue weighted by atomic mass is 9.84. The Hall–Kier alpha value is -8.02. The number of hydrogen-bond acceptors (Lipinski definition) is 2. The topological polar surface area (TPSA) is 35.9 Å². The molecule has 0 amide bonds. The van der Waals surface area contributed by atoms with E-state index in [1.165, 1.54) is 16.7 Å². The zero-order valence-corrected chi connectivity index (χ0v) is 42.2. The summed E-state index contributed by atoms with van der Waals surface area (Å²) in [4.78, 5) is 5.25. The van der Waals surface area contributed by atoms with Crippen LogP contribution in [0.4, 0.5) is 0 Å². The number of pyridine rings is 1. The van der Waals surface area contributed by atoms with Crippen LogP contribution < -0.4 is 9.30 Å². The Balaban J connectivity index is 1.06. The summed E-state index contributed by atoms with van der Waals surface area (Å²) >= 11 is 0. The molecule has 0 spiro atoms. The molecule has 72 heavy (non-hydrogen) atoms. The van der Waals surface area contributed by atoms with Crippen LogP contribution in [0.1, 0.15) is 92.7 Å². The first-order valence-corrected chi connectivity index (χ1v) is 24.4. The quantitative estimate of drug-likeness (QED) is 0.107. The summed E-state index contributed by atoms with van der Waals surface area (Å²) in [6.45, 7) is 20.1. The molecule has 11 aromatic rings. The SMILES string of the molecule is [2H]c1c([2H])c([2H])c(-c2cccc(-c3c([2H])c([2H])c([2H])c([2H])c3[2H])c2-[n+]2[c-]n(-c3cccc(Oc4ccc5c6cc(C(C)(C)C)ccc6n(-c6cc(CC(C)(C)C)c(-c7ccc(C(C)(C)C)cc7)cn6)c5c4)c3)c3ccccc32)c([2H])c1[2H]. The maximum absolute atomic E-state index is 9.08. The molecular formula is C67H62N4O. The Morgan fingerprint density at radius 2 is 1.18 bits per heavy atom. The number of hydrogen-bond donors (Lipinski definition) is 0. The van der Waals surface area contributed by atoms with E-state index in [-0.39, 0.29) is 44.2 Å².